The fraction of sp³-hybridized carbons (Fsp3) is 0.417. The summed E-state index contributed by atoms with van der Waals surface area (Å²) in [6, 6.07) is 9.19. The van der Waals surface area contributed by atoms with Gasteiger partial charge in [-0.3, -0.25) is 9.59 Å². The Kier molecular flexibility index (Phi) is 6.93. The Hall–Kier alpha value is -2.17. The minimum Gasteiger partial charge on any atom is -0.368 e. The van der Waals surface area contributed by atoms with Crippen molar-refractivity contribution in [2.75, 3.05) is 19.6 Å². The smallest absolute Gasteiger partial charge is 0.368 e. The highest BCUT2D eigenvalue weighted by molar-refractivity contribution is 9.10. The van der Waals surface area contributed by atoms with Gasteiger partial charge in [0.05, 0.1) is 0 Å². The Morgan fingerprint density at radius 2 is 1.77 bits per heavy atom. The molecule has 5 nitrogen and oxygen atoms in total. The summed E-state index contributed by atoms with van der Waals surface area (Å²) in [5.41, 5.74) is -4.27. The number of benzene rings is 2. The van der Waals surface area contributed by atoms with Gasteiger partial charge in [0.25, 0.3) is 11.5 Å². The van der Waals surface area contributed by atoms with E-state index >= 15 is 0 Å². The van der Waals surface area contributed by atoms with Crippen molar-refractivity contribution in [1.82, 2.24) is 10.2 Å². The molecular formula is C24H22BrClF4N2O3. The number of hydrogen-bond acceptors (Lipinski definition) is 3. The van der Waals surface area contributed by atoms with E-state index in [0.717, 1.165) is 22.6 Å². The molecule has 0 bridgehead atoms. The normalized spacial score (nSPS) is 22.0. The van der Waals surface area contributed by atoms with E-state index in [1.54, 1.807) is 12.1 Å². The molecule has 2 N–H and O–H groups in total. The number of alkyl halides is 3. The molecule has 0 saturated carbocycles. The number of rotatable bonds is 3. The quantitative estimate of drug-likeness (QED) is 0.510. The molecule has 188 valence electrons. The number of carbonyl (C=O) groups is 2. The van der Waals surface area contributed by atoms with E-state index < -0.39 is 34.5 Å². The van der Waals surface area contributed by atoms with Crippen LogP contribution in [0.5, 0.6) is 0 Å². The second-order valence-corrected chi connectivity index (χ2v) is 10.5. The van der Waals surface area contributed by atoms with Gasteiger partial charge in [0, 0.05) is 47.0 Å². The van der Waals surface area contributed by atoms with Gasteiger partial charge in [-0.25, -0.2) is 4.39 Å². The Morgan fingerprint density at radius 3 is 2.34 bits per heavy atom. The summed E-state index contributed by atoms with van der Waals surface area (Å²) in [5.74, 6) is -2.27. The molecule has 2 aliphatic rings. The first-order valence-corrected chi connectivity index (χ1v) is 12.1. The van der Waals surface area contributed by atoms with Gasteiger partial charge in [-0.2, -0.15) is 13.2 Å². The lowest BCUT2D eigenvalue weighted by Gasteiger charge is -2.50. The van der Waals surface area contributed by atoms with Crippen LogP contribution in [0, 0.1) is 11.2 Å². The van der Waals surface area contributed by atoms with Gasteiger partial charge in [0.15, 0.2) is 0 Å². The lowest BCUT2D eigenvalue weighted by Crippen LogP contribution is -2.59. The number of halogens is 6. The number of nitrogens with zero attached hydrogens (tertiary/aromatic N) is 1. The van der Waals surface area contributed by atoms with Gasteiger partial charge in [0.1, 0.15) is 5.82 Å². The summed E-state index contributed by atoms with van der Waals surface area (Å²) in [6.07, 6.45) is -4.66. The molecule has 1 spiro atoms. The fourth-order valence-electron chi connectivity index (χ4n) is 5.18. The zero-order valence-electron chi connectivity index (χ0n) is 18.3. The molecule has 1 unspecified atom stereocenters. The van der Waals surface area contributed by atoms with Gasteiger partial charge in [-0.05, 0) is 54.2 Å². The second-order valence-electron chi connectivity index (χ2n) is 9.11. The number of carbonyl (C=O) groups excluding carboxylic acids is 2. The van der Waals surface area contributed by atoms with Gasteiger partial charge in [-0.15, -0.1) is 0 Å². The van der Waals surface area contributed by atoms with Crippen molar-refractivity contribution in [3.05, 3.63) is 68.9 Å². The zero-order valence-corrected chi connectivity index (χ0v) is 20.7. The molecule has 35 heavy (non-hydrogen) atoms. The maximum absolute atomic E-state index is 14.1. The van der Waals surface area contributed by atoms with Gasteiger partial charge < -0.3 is 15.3 Å². The minimum absolute atomic E-state index is 0.0715. The van der Waals surface area contributed by atoms with Crippen LogP contribution in [0.4, 0.5) is 17.6 Å². The van der Waals surface area contributed by atoms with Crippen molar-refractivity contribution in [2.45, 2.75) is 37.0 Å². The highest BCUT2D eigenvalue weighted by Gasteiger charge is 2.63. The third-order valence-corrected chi connectivity index (χ3v) is 7.75. The standard InChI is InChI=1S/C24H22BrClF4N2O3/c25-16-9-15(10-17(26)11-16)23(35,24(28,29)30)21(34)32-7-5-22(6-8-32)12-20(33)31-13-19(22)14-1-3-18(27)4-2-14/h1-4,9-11,19,35H,5-8,12-13H2,(H,31,33)/t19-,23?/m0/s1. The molecule has 2 atom stereocenters. The topological polar surface area (TPSA) is 69.6 Å². The van der Waals surface area contributed by atoms with Crippen LogP contribution in [0.15, 0.2) is 46.9 Å². The molecule has 0 radical (unpaired) electrons. The number of likely N-dealkylation sites (tertiary alicyclic amines) is 1. The minimum atomic E-state index is -5.30. The van der Waals surface area contributed by atoms with Crippen molar-refractivity contribution < 1.29 is 32.3 Å². The third kappa shape index (κ3) is 4.80. The number of piperidine rings is 2. The molecule has 2 amide bonds. The van der Waals surface area contributed by atoms with Crippen molar-refractivity contribution in [3.8, 4) is 0 Å². The first kappa shape index (κ1) is 25.9. The van der Waals surface area contributed by atoms with E-state index in [9.17, 15) is 32.3 Å². The Balaban J connectivity index is 1.62. The molecule has 0 aliphatic carbocycles. The average molecular weight is 578 g/mol. The largest absolute Gasteiger partial charge is 0.430 e. The van der Waals surface area contributed by atoms with Crippen LogP contribution >= 0.6 is 27.5 Å². The van der Waals surface area contributed by atoms with Gasteiger partial charge in [-0.1, -0.05) is 39.7 Å². The van der Waals surface area contributed by atoms with Crippen LogP contribution in [-0.2, 0) is 15.2 Å². The first-order valence-electron chi connectivity index (χ1n) is 10.9. The van der Waals surface area contributed by atoms with Crippen molar-refractivity contribution in [3.63, 3.8) is 0 Å². The maximum Gasteiger partial charge on any atom is 0.430 e. The summed E-state index contributed by atoms with van der Waals surface area (Å²) in [4.78, 5) is 26.4. The van der Waals surface area contributed by atoms with Crippen LogP contribution in [0.25, 0.3) is 0 Å². The predicted molar refractivity (Wildman–Crippen MR) is 124 cm³/mol. The molecule has 2 aromatic carbocycles. The van der Waals surface area contributed by atoms with Crippen molar-refractivity contribution in [1.29, 1.82) is 0 Å². The summed E-state index contributed by atoms with van der Waals surface area (Å²) in [6.45, 7) is 0.148. The SMILES string of the molecule is O=C1CC2(CCN(C(=O)C(O)(c3cc(Cl)cc(Br)c3)C(F)(F)F)CC2)[C@H](c2ccc(F)cc2)CN1. The molecule has 11 heteroatoms. The molecule has 2 fully saturated rings. The summed E-state index contributed by atoms with van der Waals surface area (Å²) in [5, 5.41) is 13.5. The monoisotopic (exact) mass is 576 g/mol. The van der Waals surface area contributed by atoms with E-state index in [0.29, 0.717) is 6.54 Å². The number of aliphatic hydroxyl groups is 1. The van der Waals surface area contributed by atoms with E-state index in [4.69, 9.17) is 11.6 Å². The third-order valence-electron chi connectivity index (χ3n) is 7.07. The fourth-order valence-corrected chi connectivity index (χ4v) is 6.04. The van der Waals surface area contributed by atoms with Gasteiger partial charge in [0.2, 0.25) is 5.91 Å². The molecule has 2 aromatic rings. The molecule has 4 rings (SSSR count). The lowest BCUT2D eigenvalue weighted by atomic mass is 9.62. The van der Waals surface area contributed by atoms with Crippen LogP contribution in [0.1, 0.15) is 36.3 Å². The van der Waals surface area contributed by atoms with Crippen LogP contribution < -0.4 is 5.32 Å². The van der Waals surface area contributed by atoms with Crippen LogP contribution in [0.3, 0.4) is 0 Å². The highest BCUT2D eigenvalue weighted by Crippen LogP contribution is 2.50. The van der Waals surface area contributed by atoms with Crippen LogP contribution in [0.2, 0.25) is 5.02 Å². The van der Waals surface area contributed by atoms with Crippen LogP contribution in [-0.4, -0.2) is 47.6 Å². The summed E-state index contributed by atoms with van der Waals surface area (Å²) >= 11 is 8.95. The molecular weight excluding hydrogens is 556 g/mol. The first-order chi connectivity index (χ1) is 16.4. The number of amides is 2. The second kappa shape index (κ2) is 9.37. The molecule has 0 aromatic heterocycles. The maximum atomic E-state index is 14.1. The van der Waals surface area contributed by atoms with Crippen molar-refractivity contribution >= 4 is 39.3 Å². The van der Waals surface area contributed by atoms with E-state index in [1.165, 1.54) is 18.2 Å². The summed E-state index contributed by atoms with van der Waals surface area (Å²) in [7, 11) is 0. The Bertz CT molecular complexity index is 1120. The zero-order chi connectivity index (χ0) is 25.6. The predicted octanol–water partition coefficient (Wildman–Crippen LogP) is 4.90. The molecule has 2 heterocycles. The number of nitrogens with one attached hydrogen (secondary N) is 1. The van der Waals surface area contributed by atoms with E-state index in [2.05, 4.69) is 21.2 Å². The Labute approximate surface area is 212 Å². The van der Waals surface area contributed by atoms with Gasteiger partial charge >= 0.3 is 6.18 Å². The Morgan fingerprint density at radius 1 is 1.14 bits per heavy atom. The average Bonchev–Trinajstić information content (AvgIpc) is 2.78. The summed E-state index contributed by atoms with van der Waals surface area (Å²) < 4.78 is 56.0. The highest BCUT2D eigenvalue weighted by atomic mass is 79.9. The molecule has 2 aliphatic heterocycles. The van der Waals surface area contributed by atoms with Crippen molar-refractivity contribution in [2.24, 2.45) is 5.41 Å². The van der Waals surface area contributed by atoms with E-state index in [-0.39, 0.29) is 53.7 Å². The van der Waals surface area contributed by atoms with E-state index in [1.807, 2.05) is 0 Å². The molecule has 2 saturated heterocycles. The number of hydrogen-bond donors (Lipinski definition) is 2. The lowest BCUT2D eigenvalue weighted by molar-refractivity contribution is -0.262.